The van der Waals surface area contributed by atoms with Gasteiger partial charge in [-0.25, -0.2) is 9.97 Å². The lowest BCUT2D eigenvalue weighted by atomic mass is 9.77. The number of nitrogens with zero attached hydrogens (tertiary/aromatic N) is 7. The standard InChI is InChI=1S/C24H23N7O2/c1-15-4-7-19(31-26-11-12-27-31)22(28-15)24(32)30-14-16-5-8-18(30)20(13-16)33-21-9-6-17-3-2-10-25-23(17)29-21/h2-4,6-7,9-12,16,18,20H,5,8,13-14H2,1H3/t16-,18+,20-/m1/s1. The van der Waals surface area contributed by atoms with Crippen molar-refractivity contribution in [3.05, 3.63) is 66.4 Å². The van der Waals surface area contributed by atoms with Crippen molar-refractivity contribution in [2.45, 2.75) is 38.3 Å². The highest BCUT2D eigenvalue weighted by Gasteiger charge is 2.45. The summed E-state index contributed by atoms with van der Waals surface area (Å²) >= 11 is 0. The van der Waals surface area contributed by atoms with Crippen LogP contribution in [0.15, 0.2) is 55.0 Å². The van der Waals surface area contributed by atoms with Crippen LogP contribution in [0.3, 0.4) is 0 Å². The van der Waals surface area contributed by atoms with Crippen molar-refractivity contribution in [2.75, 3.05) is 6.54 Å². The van der Waals surface area contributed by atoms with Crippen LogP contribution < -0.4 is 4.74 Å². The Labute approximate surface area is 190 Å². The van der Waals surface area contributed by atoms with E-state index in [-0.39, 0.29) is 18.1 Å². The molecule has 7 rings (SSSR count). The first-order chi connectivity index (χ1) is 16.2. The van der Waals surface area contributed by atoms with E-state index in [0.717, 1.165) is 30.3 Å². The summed E-state index contributed by atoms with van der Waals surface area (Å²) in [6, 6.07) is 11.4. The number of hydrogen-bond donors (Lipinski definition) is 0. The number of hydrogen-bond acceptors (Lipinski definition) is 7. The molecule has 166 valence electrons. The van der Waals surface area contributed by atoms with Gasteiger partial charge in [-0.05, 0) is 62.4 Å². The van der Waals surface area contributed by atoms with Gasteiger partial charge in [0.05, 0.1) is 18.4 Å². The van der Waals surface area contributed by atoms with Crippen molar-refractivity contribution < 1.29 is 9.53 Å². The fourth-order valence-electron chi connectivity index (χ4n) is 4.99. The Morgan fingerprint density at radius 1 is 1.03 bits per heavy atom. The molecule has 0 radical (unpaired) electrons. The maximum Gasteiger partial charge on any atom is 0.275 e. The topological polar surface area (TPSA) is 98.9 Å². The summed E-state index contributed by atoms with van der Waals surface area (Å²) in [5.74, 6) is 0.821. The molecule has 9 heteroatoms. The molecule has 6 heterocycles. The van der Waals surface area contributed by atoms with E-state index >= 15 is 0 Å². The summed E-state index contributed by atoms with van der Waals surface area (Å²) in [5.41, 5.74) is 2.38. The molecule has 0 spiro atoms. The van der Waals surface area contributed by atoms with Gasteiger partial charge in [0.1, 0.15) is 11.8 Å². The molecule has 2 bridgehead atoms. The second-order valence-electron chi connectivity index (χ2n) is 8.70. The van der Waals surface area contributed by atoms with Crippen LogP contribution in [-0.4, -0.2) is 59.4 Å². The van der Waals surface area contributed by atoms with Crippen molar-refractivity contribution in [3.8, 4) is 11.6 Å². The smallest absolute Gasteiger partial charge is 0.275 e. The molecule has 4 aromatic heterocycles. The summed E-state index contributed by atoms with van der Waals surface area (Å²) in [6.45, 7) is 2.59. The van der Waals surface area contributed by atoms with Crippen LogP contribution >= 0.6 is 0 Å². The van der Waals surface area contributed by atoms with Crippen molar-refractivity contribution in [1.29, 1.82) is 0 Å². The molecule has 1 amide bonds. The number of pyridine rings is 3. The van der Waals surface area contributed by atoms with Crippen LogP contribution in [0, 0.1) is 12.8 Å². The zero-order valence-corrected chi connectivity index (χ0v) is 18.2. The highest BCUT2D eigenvalue weighted by atomic mass is 16.5. The van der Waals surface area contributed by atoms with E-state index in [9.17, 15) is 4.79 Å². The molecule has 3 fully saturated rings. The van der Waals surface area contributed by atoms with E-state index in [1.807, 2.05) is 48.2 Å². The van der Waals surface area contributed by atoms with Crippen LogP contribution in [0.2, 0.25) is 0 Å². The van der Waals surface area contributed by atoms with E-state index < -0.39 is 0 Å². The molecule has 2 saturated heterocycles. The van der Waals surface area contributed by atoms with Gasteiger partial charge in [-0.15, -0.1) is 4.80 Å². The minimum atomic E-state index is -0.119. The monoisotopic (exact) mass is 441 g/mol. The number of fused-ring (bicyclic) bond motifs is 4. The van der Waals surface area contributed by atoms with Gasteiger partial charge in [-0.2, -0.15) is 15.2 Å². The lowest BCUT2D eigenvalue weighted by Gasteiger charge is -2.49. The van der Waals surface area contributed by atoms with Gasteiger partial charge in [0.2, 0.25) is 5.88 Å². The maximum absolute atomic E-state index is 13.7. The SMILES string of the molecule is Cc1ccc(-n2nccn2)c(C(=O)N2C[C@@H]3CC[C@H]2[C@H](Oc2ccc4cccnc4n2)C3)n1. The summed E-state index contributed by atoms with van der Waals surface area (Å²) in [5, 5.41) is 9.38. The van der Waals surface area contributed by atoms with Gasteiger partial charge in [0.15, 0.2) is 11.3 Å². The molecule has 3 atom stereocenters. The fraction of sp³-hybridized carbons (Fsp3) is 0.333. The van der Waals surface area contributed by atoms with E-state index in [1.165, 1.54) is 4.80 Å². The van der Waals surface area contributed by atoms with Crippen molar-refractivity contribution >= 4 is 16.9 Å². The molecule has 2 aliphatic heterocycles. The molecular formula is C24H23N7O2. The van der Waals surface area contributed by atoms with Gasteiger partial charge in [0.25, 0.3) is 5.91 Å². The van der Waals surface area contributed by atoms with E-state index in [0.29, 0.717) is 35.4 Å². The quantitative estimate of drug-likeness (QED) is 0.480. The van der Waals surface area contributed by atoms with Gasteiger partial charge in [0, 0.05) is 29.9 Å². The molecule has 3 aliphatic rings. The number of piperidine rings is 2. The van der Waals surface area contributed by atoms with Crippen LogP contribution in [0.4, 0.5) is 0 Å². The van der Waals surface area contributed by atoms with Gasteiger partial charge in [-0.3, -0.25) is 4.79 Å². The van der Waals surface area contributed by atoms with Gasteiger partial charge >= 0.3 is 0 Å². The highest BCUT2D eigenvalue weighted by molar-refractivity contribution is 5.96. The Morgan fingerprint density at radius 2 is 1.91 bits per heavy atom. The maximum atomic E-state index is 13.7. The normalized spacial score (nSPS) is 22.0. The molecule has 1 saturated carbocycles. The Kier molecular flexibility index (Phi) is 4.74. The fourth-order valence-corrected chi connectivity index (χ4v) is 4.99. The summed E-state index contributed by atoms with van der Waals surface area (Å²) in [6.07, 6.45) is 7.68. The molecule has 0 N–H and O–H groups in total. The minimum absolute atomic E-state index is 0.0375. The average molecular weight is 441 g/mol. The van der Waals surface area contributed by atoms with E-state index in [4.69, 9.17) is 4.74 Å². The lowest BCUT2D eigenvalue weighted by Crippen LogP contribution is -2.59. The first kappa shape index (κ1) is 19.8. The van der Waals surface area contributed by atoms with Crippen molar-refractivity contribution in [2.24, 2.45) is 5.92 Å². The molecule has 33 heavy (non-hydrogen) atoms. The molecule has 4 aromatic rings. The molecule has 9 nitrogen and oxygen atoms in total. The highest BCUT2D eigenvalue weighted by Crippen LogP contribution is 2.38. The van der Waals surface area contributed by atoms with Crippen molar-refractivity contribution in [3.63, 3.8) is 0 Å². The predicted molar refractivity (Wildman–Crippen MR) is 120 cm³/mol. The van der Waals surface area contributed by atoms with E-state index in [2.05, 4.69) is 25.1 Å². The largest absolute Gasteiger partial charge is 0.472 e. The molecule has 0 aromatic carbocycles. The second-order valence-corrected chi connectivity index (χ2v) is 8.70. The third-order valence-electron chi connectivity index (χ3n) is 6.54. The molecule has 0 unspecified atom stereocenters. The summed E-state index contributed by atoms with van der Waals surface area (Å²) in [7, 11) is 0. The predicted octanol–water partition coefficient (Wildman–Crippen LogP) is 2.99. The van der Waals surface area contributed by atoms with Crippen LogP contribution in [-0.2, 0) is 0 Å². The summed E-state index contributed by atoms with van der Waals surface area (Å²) < 4.78 is 6.34. The molecular weight excluding hydrogens is 418 g/mol. The third kappa shape index (κ3) is 3.59. The van der Waals surface area contributed by atoms with Crippen LogP contribution in [0.5, 0.6) is 5.88 Å². The number of amides is 1. The summed E-state index contributed by atoms with van der Waals surface area (Å²) in [4.78, 5) is 30.6. The van der Waals surface area contributed by atoms with Crippen molar-refractivity contribution in [1.82, 2.24) is 34.8 Å². The van der Waals surface area contributed by atoms with E-state index in [1.54, 1.807) is 18.6 Å². The zero-order valence-electron chi connectivity index (χ0n) is 18.2. The van der Waals surface area contributed by atoms with Crippen LogP contribution in [0.1, 0.15) is 35.4 Å². The third-order valence-corrected chi connectivity index (χ3v) is 6.54. The van der Waals surface area contributed by atoms with Gasteiger partial charge in [-0.1, -0.05) is 0 Å². The number of carbonyl (C=O) groups excluding carboxylic acids is 1. The number of rotatable bonds is 4. The number of ether oxygens (including phenoxy) is 1. The minimum Gasteiger partial charge on any atom is -0.472 e. The Balaban J connectivity index is 1.29. The Morgan fingerprint density at radius 3 is 2.76 bits per heavy atom. The number of aryl methyl sites for hydroxylation is 1. The van der Waals surface area contributed by atoms with Gasteiger partial charge < -0.3 is 9.64 Å². The lowest BCUT2D eigenvalue weighted by molar-refractivity contribution is -0.0315. The first-order valence-electron chi connectivity index (χ1n) is 11.2. The Hall–Kier alpha value is -3.88. The first-order valence-corrected chi connectivity index (χ1v) is 11.2. The number of aromatic nitrogens is 6. The average Bonchev–Trinajstić information content (AvgIpc) is 3.38. The number of carbonyl (C=O) groups is 1. The zero-order chi connectivity index (χ0) is 22.4. The molecule has 1 aliphatic carbocycles. The van der Waals surface area contributed by atoms with Crippen LogP contribution in [0.25, 0.3) is 16.7 Å². The Bertz CT molecular complexity index is 1320. The second kappa shape index (κ2) is 7.91.